The Morgan fingerprint density at radius 2 is 0.827 bits per heavy atom. The molecule has 5 rings (SSSR count). The molecule has 1 fully saturated rings. The Kier molecular flexibility index (Phi) is 12.3. The maximum absolute atomic E-state index is 6.60. The average Bonchev–Trinajstić information content (AvgIpc) is 3.49. The zero-order valence-electron chi connectivity index (χ0n) is 32.7. The van der Waals surface area contributed by atoms with Crippen molar-refractivity contribution in [3.8, 4) is 0 Å². The molecule has 1 saturated heterocycles. The summed E-state index contributed by atoms with van der Waals surface area (Å²) in [6.07, 6.45) is 7.86. The zero-order chi connectivity index (χ0) is 37.7. The molecule has 0 amide bonds. The van der Waals surface area contributed by atoms with Gasteiger partial charge in [-0.15, -0.1) is 0 Å². The van der Waals surface area contributed by atoms with Crippen LogP contribution >= 0.6 is 12.2 Å². The lowest BCUT2D eigenvalue weighted by atomic mass is 9.91. The molecule has 274 valence electrons. The van der Waals surface area contributed by atoms with Crippen LogP contribution in [0.25, 0.3) is 24.3 Å². The molecular formula is C45H56O4SSi2. The minimum Gasteiger partial charge on any atom is -0.444 e. The van der Waals surface area contributed by atoms with Gasteiger partial charge in [0.15, 0.2) is 28.8 Å². The molecule has 2 atom stereocenters. The third kappa shape index (κ3) is 9.49. The molecule has 1 heterocycles. The van der Waals surface area contributed by atoms with Crippen LogP contribution in [0, 0.1) is 0 Å². The maximum Gasteiger partial charge on any atom is 0.353 e. The molecular weight excluding hydrogens is 693 g/mol. The van der Waals surface area contributed by atoms with Crippen LogP contribution in [0.4, 0.5) is 0 Å². The summed E-state index contributed by atoms with van der Waals surface area (Å²) in [6, 6.07) is 33.6. The van der Waals surface area contributed by atoms with Crippen LogP contribution in [0.15, 0.2) is 97.1 Å². The van der Waals surface area contributed by atoms with E-state index in [-0.39, 0.29) is 15.3 Å². The molecule has 52 heavy (non-hydrogen) atoms. The van der Waals surface area contributed by atoms with Crippen molar-refractivity contribution in [2.24, 2.45) is 0 Å². The van der Waals surface area contributed by atoms with Gasteiger partial charge in [-0.1, -0.05) is 163 Å². The minimum atomic E-state index is -1.90. The van der Waals surface area contributed by atoms with Crippen LogP contribution in [0.2, 0.25) is 36.3 Å². The van der Waals surface area contributed by atoms with Crippen LogP contribution in [0.1, 0.15) is 98.3 Å². The lowest BCUT2D eigenvalue weighted by Crippen LogP contribution is -2.40. The van der Waals surface area contributed by atoms with E-state index in [1.54, 1.807) is 0 Å². The van der Waals surface area contributed by atoms with E-state index in [9.17, 15) is 0 Å². The number of thiocarbonyl (C=S) groups is 1. The molecule has 0 spiro atoms. The Balaban J connectivity index is 1.41. The fourth-order valence-corrected chi connectivity index (χ4v) is 7.73. The van der Waals surface area contributed by atoms with Crippen molar-refractivity contribution in [2.75, 3.05) is 0 Å². The van der Waals surface area contributed by atoms with Gasteiger partial charge < -0.3 is 18.3 Å². The molecule has 4 aromatic rings. The summed E-state index contributed by atoms with van der Waals surface area (Å²) in [5.41, 5.74) is 8.76. The molecule has 0 unspecified atom stereocenters. The summed E-state index contributed by atoms with van der Waals surface area (Å²) in [5.74, 6) is 0. The van der Waals surface area contributed by atoms with E-state index < -0.39 is 28.8 Å². The highest BCUT2D eigenvalue weighted by Crippen LogP contribution is 2.44. The topological polar surface area (TPSA) is 36.9 Å². The van der Waals surface area contributed by atoms with Crippen molar-refractivity contribution >= 4 is 58.4 Å². The van der Waals surface area contributed by atoms with E-state index in [2.05, 4.69) is 177 Å². The number of ether oxygens (including phenoxy) is 2. The molecule has 0 aromatic heterocycles. The summed E-state index contributed by atoms with van der Waals surface area (Å²) in [5, 5.41) is 0.458. The Morgan fingerprint density at radius 1 is 0.519 bits per heavy atom. The molecule has 4 aromatic carbocycles. The van der Waals surface area contributed by atoms with Crippen molar-refractivity contribution in [1.82, 2.24) is 0 Å². The highest BCUT2D eigenvalue weighted by Gasteiger charge is 2.40. The zero-order valence-corrected chi connectivity index (χ0v) is 35.5. The standard InChI is InChI=1S/C45H56O4SSi2/c1-44(2,3)51(7,8)46-31-37-23-13-11-19-33(37)27-29-35-21-15-17-25-39(35)41-42(49-43(50)48-41)40-26-18-16-22-36(40)30-28-34-20-12-14-24-38(34)32-47-52(9,10)45(4,5)6/h11-30,41-42H,31-32H2,1-10H3/b29-27-,30-28-/t41-,42+. The van der Waals surface area contributed by atoms with Gasteiger partial charge in [0.25, 0.3) is 0 Å². The fraction of sp³-hybridized carbons (Fsp3) is 0.356. The summed E-state index contributed by atoms with van der Waals surface area (Å²) in [4.78, 5) is 0. The van der Waals surface area contributed by atoms with Gasteiger partial charge in [0, 0.05) is 23.3 Å². The highest BCUT2D eigenvalue weighted by molar-refractivity contribution is 7.79. The molecule has 0 bridgehead atoms. The van der Waals surface area contributed by atoms with Crippen molar-refractivity contribution in [1.29, 1.82) is 0 Å². The normalized spacial score (nSPS) is 17.2. The second-order valence-corrected chi connectivity index (χ2v) is 26.7. The molecule has 1 aliphatic rings. The van der Waals surface area contributed by atoms with Gasteiger partial charge in [-0.05, 0) is 69.6 Å². The number of rotatable bonds is 12. The lowest BCUT2D eigenvalue weighted by Gasteiger charge is -2.36. The summed E-state index contributed by atoms with van der Waals surface area (Å²) in [7, 11) is -3.79. The van der Waals surface area contributed by atoms with Gasteiger partial charge in [0.1, 0.15) is 0 Å². The minimum absolute atomic E-state index is 0.148. The predicted octanol–water partition coefficient (Wildman–Crippen LogP) is 13.2. The third-order valence-corrected chi connectivity index (χ3v) is 20.3. The van der Waals surface area contributed by atoms with E-state index in [1.165, 1.54) is 11.1 Å². The monoisotopic (exact) mass is 748 g/mol. The summed E-state index contributed by atoms with van der Waals surface area (Å²) in [6.45, 7) is 24.0. The van der Waals surface area contributed by atoms with Crippen molar-refractivity contribution in [2.45, 2.75) is 103 Å². The largest absolute Gasteiger partial charge is 0.444 e. The summed E-state index contributed by atoms with van der Waals surface area (Å²) >= 11 is 5.54. The maximum atomic E-state index is 6.60. The van der Waals surface area contributed by atoms with E-state index in [0.29, 0.717) is 13.2 Å². The van der Waals surface area contributed by atoms with Gasteiger partial charge >= 0.3 is 5.24 Å². The Hall–Kier alpha value is -3.60. The van der Waals surface area contributed by atoms with Crippen LogP contribution in [-0.4, -0.2) is 21.9 Å². The molecule has 4 nitrogen and oxygen atoms in total. The van der Waals surface area contributed by atoms with Gasteiger partial charge in [-0.3, -0.25) is 0 Å². The third-order valence-electron chi connectivity index (χ3n) is 11.1. The molecule has 1 aliphatic heterocycles. The average molecular weight is 749 g/mol. The Labute approximate surface area is 320 Å². The smallest absolute Gasteiger partial charge is 0.353 e. The highest BCUT2D eigenvalue weighted by atomic mass is 32.1. The van der Waals surface area contributed by atoms with Crippen LogP contribution in [0.5, 0.6) is 0 Å². The SMILES string of the molecule is CC(C)(C)[Si](C)(C)OCc1ccccc1/C=C\c1ccccc1[C@H]1OC(=S)O[C@H]1c1ccccc1/C=C\c1ccccc1CO[Si](C)(C)C(C)(C)C. The van der Waals surface area contributed by atoms with Crippen molar-refractivity contribution < 1.29 is 18.3 Å². The van der Waals surface area contributed by atoms with E-state index in [1.807, 2.05) is 12.1 Å². The Morgan fingerprint density at radius 3 is 1.19 bits per heavy atom. The molecule has 0 saturated carbocycles. The summed E-state index contributed by atoms with van der Waals surface area (Å²) < 4.78 is 25.8. The van der Waals surface area contributed by atoms with Gasteiger partial charge in [-0.2, -0.15) is 0 Å². The van der Waals surface area contributed by atoms with Crippen LogP contribution in [-0.2, 0) is 31.5 Å². The number of hydrogen-bond donors (Lipinski definition) is 0. The van der Waals surface area contributed by atoms with Crippen LogP contribution < -0.4 is 0 Å². The molecule has 0 aliphatic carbocycles. The first-order valence-corrected chi connectivity index (χ1v) is 24.5. The van der Waals surface area contributed by atoms with E-state index >= 15 is 0 Å². The van der Waals surface area contributed by atoms with E-state index in [4.69, 9.17) is 30.5 Å². The van der Waals surface area contributed by atoms with Gasteiger partial charge in [0.2, 0.25) is 0 Å². The number of hydrogen-bond acceptors (Lipinski definition) is 5. The first kappa shape index (κ1) is 39.6. The van der Waals surface area contributed by atoms with Gasteiger partial charge in [0.05, 0.1) is 13.2 Å². The fourth-order valence-electron chi connectivity index (χ4n) is 5.62. The van der Waals surface area contributed by atoms with E-state index in [0.717, 1.165) is 33.4 Å². The quantitative estimate of drug-likeness (QED) is 0.0819. The van der Waals surface area contributed by atoms with Crippen molar-refractivity contribution in [3.05, 3.63) is 142 Å². The van der Waals surface area contributed by atoms with Crippen LogP contribution in [0.3, 0.4) is 0 Å². The van der Waals surface area contributed by atoms with Crippen molar-refractivity contribution in [3.63, 3.8) is 0 Å². The van der Waals surface area contributed by atoms with Gasteiger partial charge in [-0.25, -0.2) is 0 Å². The second-order valence-electron chi connectivity index (χ2n) is 16.7. The molecule has 7 heteroatoms. The number of benzene rings is 4. The predicted molar refractivity (Wildman–Crippen MR) is 228 cm³/mol. The molecule has 0 radical (unpaired) electrons. The first-order valence-electron chi connectivity index (χ1n) is 18.3. The first-order chi connectivity index (χ1) is 24.5. The Bertz CT molecular complexity index is 1780. The second kappa shape index (κ2) is 16.2. The lowest BCUT2D eigenvalue weighted by molar-refractivity contribution is 0.159. The molecule has 0 N–H and O–H groups in total.